The van der Waals surface area contributed by atoms with E-state index >= 15 is 0 Å². The second-order valence-electron chi connectivity index (χ2n) is 9.36. The van der Waals surface area contributed by atoms with Crippen LogP contribution in [0, 0.1) is 0 Å². The van der Waals surface area contributed by atoms with Gasteiger partial charge in [-0.25, -0.2) is 9.59 Å². The minimum absolute atomic E-state index is 0.231. The molecule has 0 aliphatic rings. The van der Waals surface area contributed by atoms with Crippen LogP contribution in [0.3, 0.4) is 0 Å². The number of hydrogen-bond donors (Lipinski definition) is 0. The highest BCUT2D eigenvalue weighted by Crippen LogP contribution is 2.24. The van der Waals surface area contributed by atoms with Gasteiger partial charge in [0, 0.05) is 0 Å². The number of carbonyl (C=O) groups is 2. The van der Waals surface area contributed by atoms with Crippen LogP contribution in [0.5, 0.6) is 17.2 Å². The Labute approximate surface area is 247 Å². The highest BCUT2D eigenvalue weighted by Gasteiger charge is 2.18. The Hall–Kier alpha value is -4.40. The highest BCUT2D eigenvalue weighted by molar-refractivity contribution is 5.97. The van der Waals surface area contributed by atoms with Crippen molar-refractivity contribution in [1.29, 1.82) is 0 Å². The van der Waals surface area contributed by atoms with Crippen molar-refractivity contribution in [2.45, 2.75) is 52.4 Å². The van der Waals surface area contributed by atoms with Crippen LogP contribution in [-0.2, 0) is 9.47 Å². The molecule has 0 saturated heterocycles. The van der Waals surface area contributed by atoms with Gasteiger partial charge in [-0.2, -0.15) is 10.2 Å². The first kappa shape index (κ1) is 32.1. The number of unbranched alkanes of at least 4 members (excludes halogenated alkanes) is 5. The predicted molar refractivity (Wildman–Crippen MR) is 161 cm³/mol. The van der Waals surface area contributed by atoms with Crippen LogP contribution >= 0.6 is 0 Å². The molecule has 0 radical (unpaired) electrons. The molecule has 9 heteroatoms. The number of esters is 2. The second kappa shape index (κ2) is 18.1. The number of nitrogens with zero attached hydrogens (tertiary/aromatic N) is 2. The van der Waals surface area contributed by atoms with Gasteiger partial charge in [0.25, 0.3) is 0 Å². The zero-order valence-electron chi connectivity index (χ0n) is 24.7. The van der Waals surface area contributed by atoms with Crippen molar-refractivity contribution in [2.24, 2.45) is 10.2 Å². The molecule has 0 saturated carbocycles. The van der Waals surface area contributed by atoms with E-state index in [9.17, 15) is 9.59 Å². The predicted octanol–water partition coefficient (Wildman–Crippen LogP) is 8.26. The Kier molecular flexibility index (Phi) is 13.9. The fourth-order valence-electron chi connectivity index (χ4n) is 4.02. The van der Waals surface area contributed by atoms with Crippen molar-refractivity contribution in [3.8, 4) is 17.2 Å². The van der Waals surface area contributed by atoms with Gasteiger partial charge in [-0.1, -0.05) is 25.7 Å². The van der Waals surface area contributed by atoms with Gasteiger partial charge >= 0.3 is 11.9 Å². The lowest BCUT2D eigenvalue weighted by molar-refractivity contribution is 0.0521. The van der Waals surface area contributed by atoms with E-state index in [0.717, 1.165) is 61.4 Å². The van der Waals surface area contributed by atoms with Crippen LogP contribution in [0.2, 0.25) is 0 Å². The molecule has 3 aromatic rings. The van der Waals surface area contributed by atoms with Gasteiger partial charge in [0.2, 0.25) is 0 Å². The lowest BCUT2D eigenvalue weighted by atomic mass is 10.1. The van der Waals surface area contributed by atoms with Gasteiger partial charge in [-0.15, -0.1) is 0 Å². The largest absolute Gasteiger partial charge is 0.497 e. The summed E-state index contributed by atoms with van der Waals surface area (Å²) in [5, 5.41) is 8.50. The summed E-state index contributed by atoms with van der Waals surface area (Å²) < 4.78 is 27.0. The normalized spacial score (nSPS) is 10.8. The van der Waals surface area contributed by atoms with E-state index in [4.69, 9.17) is 23.7 Å². The number of benzene rings is 3. The van der Waals surface area contributed by atoms with Crippen LogP contribution in [-0.4, -0.2) is 45.5 Å². The number of azo groups is 1. The van der Waals surface area contributed by atoms with Crippen molar-refractivity contribution < 1.29 is 33.3 Å². The summed E-state index contributed by atoms with van der Waals surface area (Å²) in [5.74, 6) is 0.999. The van der Waals surface area contributed by atoms with Crippen molar-refractivity contribution in [1.82, 2.24) is 0 Å². The van der Waals surface area contributed by atoms with Crippen LogP contribution < -0.4 is 14.2 Å². The summed E-state index contributed by atoms with van der Waals surface area (Å²) >= 11 is 0. The molecule has 224 valence electrons. The Balaban J connectivity index is 1.29. The fourth-order valence-corrected chi connectivity index (χ4v) is 4.02. The summed E-state index contributed by atoms with van der Waals surface area (Å²) in [4.78, 5) is 24.4. The fraction of sp³-hybridized carbons (Fsp3) is 0.394. The summed E-state index contributed by atoms with van der Waals surface area (Å²) in [6.07, 6.45) is 6.13. The van der Waals surface area contributed by atoms with Gasteiger partial charge in [0.05, 0.1) is 50.5 Å². The Morgan fingerprint density at radius 2 is 1.14 bits per heavy atom. The standard InChI is InChI=1S/C33H40N2O7/c1-4-39-32(36)25-12-21-31(30(24-25)33(37)40-5-2)42-23-11-9-7-6-8-10-22-41-29-19-15-27(16-20-29)35-34-26-13-17-28(38-3)18-14-26/h12-21,24H,4-11,22-23H2,1-3H3. The molecule has 0 aromatic heterocycles. The Bertz CT molecular complexity index is 1270. The minimum atomic E-state index is -0.521. The van der Waals surface area contributed by atoms with Crippen molar-refractivity contribution in [3.05, 3.63) is 77.9 Å². The van der Waals surface area contributed by atoms with Crippen LogP contribution in [0.25, 0.3) is 0 Å². The third kappa shape index (κ3) is 10.9. The maximum absolute atomic E-state index is 12.4. The minimum Gasteiger partial charge on any atom is -0.497 e. The number of methoxy groups -OCH3 is 1. The lowest BCUT2D eigenvalue weighted by Crippen LogP contribution is -2.11. The van der Waals surface area contributed by atoms with Crippen molar-refractivity contribution >= 4 is 23.3 Å². The molecule has 0 unspecified atom stereocenters. The lowest BCUT2D eigenvalue weighted by Gasteiger charge is -2.12. The van der Waals surface area contributed by atoms with Crippen molar-refractivity contribution in [2.75, 3.05) is 33.5 Å². The zero-order chi connectivity index (χ0) is 30.0. The maximum Gasteiger partial charge on any atom is 0.341 e. The van der Waals surface area contributed by atoms with Gasteiger partial charge < -0.3 is 23.7 Å². The first-order valence-corrected chi connectivity index (χ1v) is 14.4. The average molecular weight is 577 g/mol. The summed E-state index contributed by atoms with van der Waals surface area (Å²) in [6, 6.07) is 19.7. The van der Waals surface area contributed by atoms with Gasteiger partial charge in [0.1, 0.15) is 22.8 Å². The first-order valence-electron chi connectivity index (χ1n) is 14.4. The molecule has 3 aromatic carbocycles. The van der Waals surface area contributed by atoms with E-state index in [-0.39, 0.29) is 18.8 Å². The monoisotopic (exact) mass is 576 g/mol. The van der Waals surface area contributed by atoms with Crippen LogP contribution in [0.4, 0.5) is 11.4 Å². The summed E-state index contributed by atoms with van der Waals surface area (Å²) in [7, 11) is 1.63. The number of rotatable bonds is 18. The molecule has 0 aliphatic heterocycles. The Morgan fingerprint density at radius 3 is 1.71 bits per heavy atom. The molecule has 42 heavy (non-hydrogen) atoms. The van der Waals surface area contributed by atoms with E-state index in [1.165, 1.54) is 6.07 Å². The molecule has 0 heterocycles. The molecular formula is C33H40N2O7. The maximum atomic E-state index is 12.4. The molecule has 0 atom stereocenters. The molecule has 0 spiro atoms. The van der Waals surface area contributed by atoms with E-state index in [1.807, 2.05) is 48.5 Å². The van der Waals surface area contributed by atoms with E-state index in [0.29, 0.717) is 24.5 Å². The SMILES string of the molecule is CCOC(=O)c1ccc(OCCCCCCCCOc2ccc(N=Nc3ccc(OC)cc3)cc2)c(C(=O)OCC)c1. The van der Waals surface area contributed by atoms with Gasteiger partial charge in [-0.05, 0) is 93.4 Å². The van der Waals surface area contributed by atoms with E-state index in [2.05, 4.69) is 10.2 Å². The number of ether oxygens (including phenoxy) is 5. The summed E-state index contributed by atoms with van der Waals surface area (Å²) in [6.45, 7) is 5.09. The molecule has 0 aliphatic carbocycles. The molecular weight excluding hydrogens is 536 g/mol. The topological polar surface area (TPSA) is 105 Å². The molecule has 0 N–H and O–H groups in total. The van der Waals surface area contributed by atoms with E-state index < -0.39 is 11.9 Å². The van der Waals surface area contributed by atoms with Gasteiger partial charge in [-0.3, -0.25) is 0 Å². The third-order valence-electron chi connectivity index (χ3n) is 6.24. The Morgan fingerprint density at radius 1 is 0.619 bits per heavy atom. The third-order valence-corrected chi connectivity index (χ3v) is 6.24. The van der Waals surface area contributed by atoms with E-state index in [1.54, 1.807) is 33.1 Å². The molecule has 0 fully saturated rings. The van der Waals surface area contributed by atoms with Crippen LogP contribution in [0.15, 0.2) is 77.0 Å². The van der Waals surface area contributed by atoms with Crippen LogP contribution in [0.1, 0.15) is 73.1 Å². The second-order valence-corrected chi connectivity index (χ2v) is 9.36. The molecule has 3 rings (SSSR count). The first-order chi connectivity index (χ1) is 20.5. The molecule has 0 amide bonds. The zero-order valence-corrected chi connectivity index (χ0v) is 24.7. The van der Waals surface area contributed by atoms with Crippen molar-refractivity contribution in [3.63, 3.8) is 0 Å². The molecule has 9 nitrogen and oxygen atoms in total. The highest BCUT2D eigenvalue weighted by atomic mass is 16.5. The summed E-state index contributed by atoms with van der Waals surface area (Å²) in [5.41, 5.74) is 2.04. The number of carbonyl (C=O) groups excluding carboxylic acids is 2. The smallest absolute Gasteiger partial charge is 0.341 e. The quantitative estimate of drug-likeness (QED) is 0.0852. The molecule has 0 bridgehead atoms. The van der Waals surface area contributed by atoms with Gasteiger partial charge in [0.15, 0.2) is 0 Å². The number of hydrogen-bond acceptors (Lipinski definition) is 9. The average Bonchev–Trinajstić information content (AvgIpc) is 3.02.